The number of carbonyl (C=O) groups excluding carboxylic acids is 2. The maximum Gasteiger partial charge on any atom is 0.303 e. The van der Waals surface area contributed by atoms with Crippen LogP contribution in [0.15, 0.2) is 24.3 Å². The van der Waals surface area contributed by atoms with Gasteiger partial charge in [0.15, 0.2) is 0 Å². The van der Waals surface area contributed by atoms with Crippen molar-refractivity contribution in [3.05, 3.63) is 34.9 Å². The van der Waals surface area contributed by atoms with E-state index < -0.39 is 17.9 Å². The molecule has 0 heterocycles. The van der Waals surface area contributed by atoms with Gasteiger partial charge in [-0.3, -0.25) is 14.4 Å². The number of hydrogen-bond donors (Lipinski definition) is 2. The molecule has 0 spiro atoms. The number of halogens is 1. The number of carboxylic acid groups (broad SMARTS) is 1. The molecule has 0 saturated heterocycles. The van der Waals surface area contributed by atoms with Crippen molar-refractivity contribution in [1.29, 1.82) is 0 Å². The van der Waals surface area contributed by atoms with Gasteiger partial charge in [-0.15, -0.1) is 0 Å². The molecule has 2 amide bonds. The minimum Gasteiger partial charge on any atom is -0.481 e. The molecule has 1 rings (SSSR count). The lowest BCUT2D eigenvalue weighted by atomic mass is 10.0. The van der Waals surface area contributed by atoms with Crippen LogP contribution >= 0.6 is 11.6 Å². The summed E-state index contributed by atoms with van der Waals surface area (Å²) in [4.78, 5) is 36.9. The standard InChI is InChI=1S/C17H23ClN2O4/c1-11(2)15(17(24)20(3)10-6-9-14(21)22)19-16(23)12-7-4-5-8-13(12)18/h4-5,7-8,11,15H,6,9-10H2,1-3H3,(H,19,23)(H,21,22). The van der Waals surface area contributed by atoms with E-state index in [9.17, 15) is 14.4 Å². The van der Waals surface area contributed by atoms with Gasteiger partial charge in [-0.2, -0.15) is 0 Å². The lowest BCUT2D eigenvalue weighted by Crippen LogP contribution is -2.50. The van der Waals surface area contributed by atoms with Crippen LogP contribution in [-0.4, -0.2) is 47.4 Å². The van der Waals surface area contributed by atoms with E-state index in [0.29, 0.717) is 23.6 Å². The summed E-state index contributed by atoms with van der Waals surface area (Å²) in [5, 5.41) is 11.7. The SMILES string of the molecule is CC(C)C(NC(=O)c1ccccc1Cl)C(=O)N(C)CCCC(=O)O. The minimum absolute atomic E-state index is 0.00402. The van der Waals surface area contributed by atoms with Gasteiger partial charge < -0.3 is 15.3 Å². The molecule has 0 radical (unpaired) electrons. The van der Waals surface area contributed by atoms with Gasteiger partial charge in [0.25, 0.3) is 5.91 Å². The summed E-state index contributed by atoms with van der Waals surface area (Å²) in [6.45, 7) is 3.98. The fourth-order valence-corrected chi connectivity index (χ4v) is 2.41. The lowest BCUT2D eigenvalue weighted by molar-refractivity contribution is -0.138. The van der Waals surface area contributed by atoms with Crippen LogP contribution in [0, 0.1) is 5.92 Å². The Morgan fingerprint density at radius 3 is 2.42 bits per heavy atom. The van der Waals surface area contributed by atoms with E-state index >= 15 is 0 Å². The Bertz CT molecular complexity index is 604. The van der Waals surface area contributed by atoms with Crippen molar-refractivity contribution in [2.75, 3.05) is 13.6 Å². The van der Waals surface area contributed by atoms with Gasteiger partial charge in [0.05, 0.1) is 10.6 Å². The average molecular weight is 355 g/mol. The van der Waals surface area contributed by atoms with Crippen LogP contribution in [0.2, 0.25) is 5.02 Å². The van der Waals surface area contributed by atoms with Crippen molar-refractivity contribution in [2.45, 2.75) is 32.7 Å². The molecule has 0 aliphatic carbocycles. The normalized spacial score (nSPS) is 11.9. The molecule has 0 bridgehead atoms. The highest BCUT2D eigenvalue weighted by Crippen LogP contribution is 2.16. The zero-order valence-corrected chi connectivity index (χ0v) is 14.8. The van der Waals surface area contributed by atoms with Crippen molar-refractivity contribution in [2.24, 2.45) is 5.92 Å². The number of aliphatic carboxylic acids is 1. The molecule has 0 fully saturated rings. The molecular weight excluding hydrogens is 332 g/mol. The zero-order valence-electron chi connectivity index (χ0n) is 14.1. The maximum atomic E-state index is 12.5. The molecule has 1 atom stereocenters. The highest BCUT2D eigenvalue weighted by molar-refractivity contribution is 6.33. The molecule has 0 saturated carbocycles. The van der Waals surface area contributed by atoms with E-state index in [0.717, 1.165) is 0 Å². The van der Waals surface area contributed by atoms with Gasteiger partial charge in [-0.25, -0.2) is 0 Å². The van der Waals surface area contributed by atoms with Crippen LogP contribution in [0.3, 0.4) is 0 Å². The second-order valence-corrected chi connectivity index (χ2v) is 6.34. The van der Waals surface area contributed by atoms with Crippen molar-refractivity contribution in [3.8, 4) is 0 Å². The summed E-state index contributed by atoms with van der Waals surface area (Å²) in [5.41, 5.74) is 0.311. The van der Waals surface area contributed by atoms with E-state index in [4.69, 9.17) is 16.7 Å². The fraction of sp³-hybridized carbons (Fsp3) is 0.471. The molecule has 0 aromatic heterocycles. The number of benzene rings is 1. The summed E-state index contributed by atoms with van der Waals surface area (Å²) in [6, 6.07) is 5.92. The average Bonchev–Trinajstić information content (AvgIpc) is 2.51. The zero-order chi connectivity index (χ0) is 18.3. The third kappa shape index (κ3) is 5.85. The first kappa shape index (κ1) is 20.0. The topological polar surface area (TPSA) is 86.7 Å². The summed E-state index contributed by atoms with van der Waals surface area (Å²) in [5.74, 6) is -1.68. The first-order chi connectivity index (χ1) is 11.2. The summed E-state index contributed by atoms with van der Waals surface area (Å²) >= 11 is 6.01. The quantitative estimate of drug-likeness (QED) is 0.750. The second-order valence-electron chi connectivity index (χ2n) is 5.93. The highest BCUT2D eigenvalue weighted by atomic mass is 35.5. The molecule has 1 aromatic rings. The van der Waals surface area contributed by atoms with Crippen molar-refractivity contribution in [3.63, 3.8) is 0 Å². The van der Waals surface area contributed by atoms with Crippen LogP contribution in [0.25, 0.3) is 0 Å². The van der Waals surface area contributed by atoms with Gasteiger partial charge in [-0.1, -0.05) is 37.6 Å². The van der Waals surface area contributed by atoms with Gasteiger partial charge in [0.2, 0.25) is 5.91 Å². The smallest absolute Gasteiger partial charge is 0.303 e. The first-order valence-electron chi connectivity index (χ1n) is 7.76. The number of nitrogens with one attached hydrogen (secondary N) is 1. The molecule has 0 aliphatic heterocycles. The van der Waals surface area contributed by atoms with E-state index in [2.05, 4.69) is 5.32 Å². The molecule has 0 aliphatic rings. The maximum absolute atomic E-state index is 12.5. The molecule has 1 unspecified atom stereocenters. The van der Waals surface area contributed by atoms with E-state index in [1.165, 1.54) is 4.90 Å². The van der Waals surface area contributed by atoms with E-state index in [1.807, 2.05) is 13.8 Å². The third-order valence-electron chi connectivity index (χ3n) is 3.60. The molecule has 6 nitrogen and oxygen atoms in total. The fourth-order valence-electron chi connectivity index (χ4n) is 2.19. The number of amides is 2. The first-order valence-corrected chi connectivity index (χ1v) is 8.14. The summed E-state index contributed by atoms with van der Waals surface area (Å²) in [6.07, 6.45) is 0.358. The third-order valence-corrected chi connectivity index (χ3v) is 3.93. The summed E-state index contributed by atoms with van der Waals surface area (Å²) in [7, 11) is 1.60. The van der Waals surface area contributed by atoms with Crippen LogP contribution in [0.5, 0.6) is 0 Å². The number of likely N-dealkylation sites (N-methyl/N-ethyl adjacent to an activating group) is 1. The molecule has 24 heavy (non-hydrogen) atoms. The van der Waals surface area contributed by atoms with Crippen molar-refractivity contribution >= 4 is 29.4 Å². The number of hydrogen-bond acceptors (Lipinski definition) is 3. The van der Waals surface area contributed by atoms with Crippen LogP contribution < -0.4 is 5.32 Å². The molecule has 2 N–H and O–H groups in total. The van der Waals surface area contributed by atoms with Crippen LogP contribution in [-0.2, 0) is 9.59 Å². The van der Waals surface area contributed by atoms with Gasteiger partial charge in [-0.05, 0) is 24.5 Å². The second kappa shape index (κ2) is 9.27. The minimum atomic E-state index is -0.900. The number of rotatable bonds is 8. The van der Waals surface area contributed by atoms with E-state index in [1.54, 1.807) is 31.3 Å². The highest BCUT2D eigenvalue weighted by Gasteiger charge is 2.27. The lowest BCUT2D eigenvalue weighted by Gasteiger charge is -2.27. The largest absolute Gasteiger partial charge is 0.481 e. The number of nitrogens with zero attached hydrogens (tertiary/aromatic N) is 1. The predicted octanol–water partition coefficient (Wildman–Crippen LogP) is 2.42. The summed E-state index contributed by atoms with van der Waals surface area (Å²) < 4.78 is 0. The van der Waals surface area contributed by atoms with Gasteiger partial charge >= 0.3 is 5.97 Å². The Morgan fingerprint density at radius 2 is 1.88 bits per heavy atom. The van der Waals surface area contributed by atoms with Crippen LogP contribution in [0.1, 0.15) is 37.0 Å². The van der Waals surface area contributed by atoms with E-state index in [-0.39, 0.29) is 18.2 Å². The number of carbonyl (C=O) groups is 3. The van der Waals surface area contributed by atoms with Crippen LogP contribution in [0.4, 0.5) is 0 Å². The Kier molecular flexibility index (Phi) is 7.71. The Morgan fingerprint density at radius 1 is 1.25 bits per heavy atom. The molecule has 1 aromatic carbocycles. The van der Waals surface area contributed by atoms with Crippen molar-refractivity contribution in [1.82, 2.24) is 10.2 Å². The molecule has 7 heteroatoms. The Hall–Kier alpha value is -2.08. The van der Waals surface area contributed by atoms with Gasteiger partial charge in [0.1, 0.15) is 6.04 Å². The number of carboxylic acids is 1. The molecular formula is C17H23ClN2O4. The Balaban J connectivity index is 2.76. The monoisotopic (exact) mass is 354 g/mol. The van der Waals surface area contributed by atoms with Crippen molar-refractivity contribution < 1.29 is 19.5 Å². The van der Waals surface area contributed by atoms with Gasteiger partial charge in [0, 0.05) is 20.0 Å². The molecule has 132 valence electrons. The Labute approximate surface area is 146 Å². The predicted molar refractivity (Wildman–Crippen MR) is 92.1 cm³/mol.